The molecule has 1 aromatic carbocycles. The van der Waals surface area contributed by atoms with E-state index in [9.17, 15) is 8.42 Å². The number of aromatic nitrogens is 4. The molecule has 0 aliphatic carbocycles. The van der Waals surface area contributed by atoms with Crippen molar-refractivity contribution < 1.29 is 12.8 Å². The molecule has 3 aromatic heterocycles. The van der Waals surface area contributed by atoms with Crippen LogP contribution in [-0.2, 0) is 22.9 Å². The highest BCUT2D eigenvalue weighted by Crippen LogP contribution is 2.24. The molecular formula is C28H33FN8O2S. The Hall–Kier alpha value is -3.45. The Kier molecular flexibility index (Phi) is 7.49. The molecule has 2 fully saturated rings. The molecule has 6 rings (SSSR count). The molecule has 0 radical (unpaired) electrons. The van der Waals surface area contributed by atoms with Gasteiger partial charge in [-0.3, -0.25) is 14.8 Å². The van der Waals surface area contributed by atoms with Gasteiger partial charge in [0, 0.05) is 93.3 Å². The number of nitrogens with one attached hydrogen (secondary N) is 1. The molecule has 5 heterocycles. The van der Waals surface area contributed by atoms with Crippen LogP contribution in [0.2, 0.25) is 0 Å². The van der Waals surface area contributed by atoms with Gasteiger partial charge in [0.15, 0.2) is 9.84 Å². The minimum absolute atomic E-state index is 0.120. The number of sulfone groups is 1. The summed E-state index contributed by atoms with van der Waals surface area (Å²) in [6.07, 6.45) is 5.40. The number of nitrogens with zero attached hydrogens (tertiary/aromatic N) is 7. The number of hydrogen-bond acceptors (Lipinski definition) is 9. The monoisotopic (exact) mass is 564 g/mol. The number of likely N-dealkylation sites (N-methyl/N-ethyl adjacent to an activating group) is 1. The van der Waals surface area contributed by atoms with Crippen molar-refractivity contribution in [1.29, 1.82) is 0 Å². The van der Waals surface area contributed by atoms with E-state index in [-0.39, 0.29) is 17.3 Å². The van der Waals surface area contributed by atoms with Gasteiger partial charge in [-0.25, -0.2) is 17.8 Å². The first-order chi connectivity index (χ1) is 19.3. The van der Waals surface area contributed by atoms with Gasteiger partial charge in [-0.05, 0) is 37.4 Å². The SMILES string of the molecule is CN1CCN(Cc2cc(Nc3ncc4ccn(-c5ccc(CN6CCS(=O)(=O)CC6)c(F)c5)c4n3)ccn2)CC1. The van der Waals surface area contributed by atoms with E-state index >= 15 is 4.39 Å². The number of pyridine rings is 1. The minimum Gasteiger partial charge on any atom is -0.324 e. The molecule has 210 valence electrons. The summed E-state index contributed by atoms with van der Waals surface area (Å²) in [5.41, 5.74) is 3.71. The van der Waals surface area contributed by atoms with Crippen molar-refractivity contribution in [3.63, 3.8) is 0 Å². The fraction of sp³-hybridized carbons (Fsp3) is 0.393. The quantitative estimate of drug-likeness (QED) is 0.363. The zero-order valence-corrected chi connectivity index (χ0v) is 23.3. The Morgan fingerprint density at radius 3 is 2.48 bits per heavy atom. The number of halogens is 1. The summed E-state index contributed by atoms with van der Waals surface area (Å²) < 4.78 is 40.4. The van der Waals surface area contributed by atoms with Gasteiger partial charge in [0.05, 0.1) is 17.2 Å². The number of rotatable bonds is 7. The summed E-state index contributed by atoms with van der Waals surface area (Å²) in [4.78, 5) is 20.5. The van der Waals surface area contributed by atoms with Crippen LogP contribution in [0.4, 0.5) is 16.0 Å². The van der Waals surface area contributed by atoms with Gasteiger partial charge in [-0.2, -0.15) is 4.98 Å². The van der Waals surface area contributed by atoms with Gasteiger partial charge in [0.25, 0.3) is 0 Å². The highest BCUT2D eigenvalue weighted by molar-refractivity contribution is 7.91. The predicted octanol–water partition coefficient (Wildman–Crippen LogP) is 2.68. The number of anilines is 2. The lowest BCUT2D eigenvalue weighted by Crippen LogP contribution is -2.44. The van der Waals surface area contributed by atoms with Crippen molar-refractivity contribution in [2.24, 2.45) is 0 Å². The maximum Gasteiger partial charge on any atom is 0.229 e. The summed E-state index contributed by atoms with van der Waals surface area (Å²) in [5, 5.41) is 4.14. The van der Waals surface area contributed by atoms with Crippen LogP contribution in [0.25, 0.3) is 16.7 Å². The van der Waals surface area contributed by atoms with E-state index in [2.05, 4.69) is 32.1 Å². The van der Waals surface area contributed by atoms with Crippen molar-refractivity contribution in [2.75, 3.05) is 63.1 Å². The number of piperazine rings is 1. The van der Waals surface area contributed by atoms with Crippen LogP contribution in [0.5, 0.6) is 0 Å². The van der Waals surface area contributed by atoms with Gasteiger partial charge in [0.2, 0.25) is 5.95 Å². The molecule has 2 saturated heterocycles. The highest BCUT2D eigenvalue weighted by Gasteiger charge is 2.22. The van der Waals surface area contributed by atoms with Crippen molar-refractivity contribution in [3.05, 3.63) is 72.1 Å². The average molecular weight is 565 g/mol. The van der Waals surface area contributed by atoms with Gasteiger partial charge < -0.3 is 14.8 Å². The molecule has 0 saturated carbocycles. The molecule has 0 unspecified atom stereocenters. The molecule has 0 atom stereocenters. The third-order valence-electron chi connectivity index (χ3n) is 7.63. The second-order valence-electron chi connectivity index (χ2n) is 10.6. The molecule has 4 aromatic rings. The van der Waals surface area contributed by atoms with Gasteiger partial charge in [-0.15, -0.1) is 0 Å². The Balaban J connectivity index is 1.17. The molecule has 0 amide bonds. The predicted molar refractivity (Wildman–Crippen MR) is 153 cm³/mol. The van der Waals surface area contributed by atoms with E-state index in [1.165, 1.54) is 6.07 Å². The normalized spacial score (nSPS) is 18.8. The van der Waals surface area contributed by atoms with Crippen LogP contribution >= 0.6 is 0 Å². The zero-order valence-electron chi connectivity index (χ0n) is 22.5. The number of benzene rings is 1. The molecule has 10 nitrogen and oxygen atoms in total. The summed E-state index contributed by atoms with van der Waals surface area (Å²) >= 11 is 0. The number of hydrogen-bond donors (Lipinski definition) is 1. The molecule has 2 aliphatic heterocycles. The van der Waals surface area contributed by atoms with E-state index in [0.29, 0.717) is 42.5 Å². The van der Waals surface area contributed by atoms with Gasteiger partial charge in [0.1, 0.15) is 11.5 Å². The van der Waals surface area contributed by atoms with Crippen LogP contribution in [0.15, 0.2) is 55.0 Å². The molecular weight excluding hydrogens is 531 g/mol. The van der Waals surface area contributed by atoms with Gasteiger partial charge in [-0.1, -0.05) is 6.07 Å². The Labute approximate surface area is 233 Å². The largest absolute Gasteiger partial charge is 0.324 e. The Bertz CT molecular complexity index is 1600. The van der Waals surface area contributed by atoms with E-state index in [0.717, 1.165) is 49.5 Å². The smallest absolute Gasteiger partial charge is 0.229 e. The lowest BCUT2D eigenvalue weighted by Gasteiger charge is -2.32. The molecule has 2 aliphatic rings. The van der Waals surface area contributed by atoms with E-state index in [4.69, 9.17) is 4.98 Å². The molecule has 0 bridgehead atoms. The third-order valence-corrected chi connectivity index (χ3v) is 9.24. The Morgan fingerprint density at radius 2 is 1.70 bits per heavy atom. The first-order valence-electron chi connectivity index (χ1n) is 13.5. The highest BCUT2D eigenvalue weighted by atomic mass is 32.2. The average Bonchev–Trinajstić information content (AvgIpc) is 3.36. The van der Waals surface area contributed by atoms with Crippen LogP contribution in [0, 0.1) is 5.82 Å². The summed E-state index contributed by atoms with van der Waals surface area (Å²) in [5.74, 6) is 0.357. The fourth-order valence-electron chi connectivity index (χ4n) is 5.16. The summed E-state index contributed by atoms with van der Waals surface area (Å²) in [6, 6.07) is 10.9. The topological polar surface area (TPSA) is 99.5 Å². The molecule has 0 spiro atoms. The van der Waals surface area contributed by atoms with E-state index < -0.39 is 9.84 Å². The van der Waals surface area contributed by atoms with Crippen LogP contribution in [0.3, 0.4) is 0 Å². The Morgan fingerprint density at radius 1 is 0.925 bits per heavy atom. The van der Waals surface area contributed by atoms with Crippen molar-refractivity contribution >= 4 is 32.5 Å². The lowest BCUT2D eigenvalue weighted by molar-refractivity contribution is 0.147. The van der Waals surface area contributed by atoms with Crippen molar-refractivity contribution in [3.8, 4) is 5.69 Å². The van der Waals surface area contributed by atoms with Crippen molar-refractivity contribution in [2.45, 2.75) is 13.1 Å². The number of fused-ring (bicyclic) bond motifs is 1. The van der Waals surface area contributed by atoms with Gasteiger partial charge >= 0.3 is 0 Å². The first-order valence-corrected chi connectivity index (χ1v) is 15.3. The maximum absolute atomic E-state index is 15.1. The van der Waals surface area contributed by atoms with Crippen LogP contribution in [0.1, 0.15) is 11.3 Å². The first kappa shape index (κ1) is 26.8. The fourth-order valence-corrected chi connectivity index (χ4v) is 6.43. The second-order valence-corrected chi connectivity index (χ2v) is 12.9. The van der Waals surface area contributed by atoms with Crippen LogP contribution < -0.4 is 5.32 Å². The van der Waals surface area contributed by atoms with Crippen LogP contribution in [-0.4, -0.2) is 100 Å². The zero-order chi connectivity index (χ0) is 27.7. The lowest BCUT2D eigenvalue weighted by atomic mass is 10.1. The molecule has 12 heteroatoms. The summed E-state index contributed by atoms with van der Waals surface area (Å²) in [7, 11) is -0.825. The standard InChI is InChI=1S/C28H33FN8O2S/c1-34-8-10-35(11-9-34)20-24-16-23(4-6-30-24)32-28-31-18-21-5-7-37(27(21)33-28)25-3-2-22(26(29)17-25)19-36-12-14-40(38,39)15-13-36/h2-7,16-18H,8-15,19-20H2,1H3,(H,30,31,32,33). The minimum atomic E-state index is -2.97. The third kappa shape index (κ3) is 6.15. The molecule has 1 N–H and O–H groups in total. The second kappa shape index (κ2) is 11.2. The molecule has 40 heavy (non-hydrogen) atoms. The van der Waals surface area contributed by atoms with E-state index in [1.807, 2.05) is 39.9 Å². The van der Waals surface area contributed by atoms with Crippen molar-refractivity contribution in [1.82, 2.24) is 34.2 Å². The van der Waals surface area contributed by atoms with E-state index in [1.54, 1.807) is 18.5 Å². The maximum atomic E-state index is 15.1. The summed E-state index contributed by atoms with van der Waals surface area (Å²) in [6.45, 7) is 6.19.